The van der Waals surface area contributed by atoms with Crippen molar-refractivity contribution in [2.24, 2.45) is 0 Å². The third-order valence-electron chi connectivity index (χ3n) is 3.12. The van der Waals surface area contributed by atoms with Crippen molar-refractivity contribution in [1.29, 1.82) is 0 Å². The van der Waals surface area contributed by atoms with E-state index in [9.17, 15) is 9.90 Å². The van der Waals surface area contributed by atoms with E-state index in [1.165, 1.54) is 4.90 Å². The molecule has 0 aliphatic rings. The fraction of sp³-hybridized carbons (Fsp3) is 0.500. The van der Waals surface area contributed by atoms with Gasteiger partial charge in [-0.25, -0.2) is 4.79 Å². The molecule has 100 valence electrons. The third-order valence-corrected chi connectivity index (χ3v) is 3.12. The van der Waals surface area contributed by atoms with E-state index in [0.29, 0.717) is 6.54 Å². The van der Waals surface area contributed by atoms with Gasteiger partial charge in [-0.15, -0.1) is 0 Å². The van der Waals surface area contributed by atoms with Crippen LogP contribution in [0.2, 0.25) is 0 Å². The van der Waals surface area contributed by atoms with Crippen LogP contribution in [0.25, 0.3) is 0 Å². The Labute approximate surface area is 109 Å². The molecule has 1 N–H and O–H groups in total. The van der Waals surface area contributed by atoms with Gasteiger partial charge in [0.2, 0.25) is 0 Å². The zero-order valence-electron chi connectivity index (χ0n) is 11.6. The molecule has 1 aromatic rings. The Balaban J connectivity index is 3.02. The first kappa shape index (κ1) is 14.5. The minimum absolute atomic E-state index is 0.266. The summed E-state index contributed by atoms with van der Waals surface area (Å²) >= 11 is 0. The summed E-state index contributed by atoms with van der Waals surface area (Å²) in [5.74, 6) is 0. The molecule has 0 radical (unpaired) electrons. The number of anilines is 1. The van der Waals surface area contributed by atoms with Crippen molar-refractivity contribution in [2.45, 2.75) is 26.3 Å². The molecule has 0 heterocycles. The molecule has 1 aromatic carbocycles. The van der Waals surface area contributed by atoms with Gasteiger partial charge in [-0.05, 0) is 45.1 Å². The Morgan fingerprint density at radius 3 is 2.56 bits per heavy atom. The fourth-order valence-electron chi connectivity index (χ4n) is 1.81. The summed E-state index contributed by atoms with van der Waals surface area (Å²) in [6.45, 7) is 4.60. The highest BCUT2D eigenvalue weighted by atomic mass is 16.4. The summed E-state index contributed by atoms with van der Waals surface area (Å²) in [6, 6.07) is 8.00. The minimum atomic E-state index is -0.897. The van der Waals surface area contributed by atoms with Crippen LogP contribution in [0.1, 0.15) is 31.9 Å². The van der Waals surface area contributed by atoms with Gasteiger partial charge in [0.05, 0.1) is 0 Å². The van der Waals surface area contributed by atoms with Crippen LogP contribution in [-0.4, -0.2) is 36.7 Å². The van der Waals surface area contributed by atoms with Gasteiger partial charge in [0.15, 0.2) is 0 Å². The maximum Gasteiger partial charge on any atom is 0.411 e. The van der Waals surface area contributed by atoms with Crippen molar-refractivity contribution in [2.75, 3.05) is 25.5 Å². The monoisotopic (exact) mass is 250 g/mol. The molecular formula is C14H22N2O2. The molecule has 1 rings (SSSR count). The lowest BCUT2D eigenvalue weighted by atomic mass is 10.1. The van der Waals surface area contributed by atoms with E-state index in [4.69, 9.17) is 0 Å². The van der Waals surface area contributed by atoms with E-state index in [1.807, 2.05) is 45.3 Å². The van der Waals surface area contributed by atoms with Crippen LogP contribution in [0.15, 0.2) is 24.3 Å². The van der Waals surface area contributed by atoms with E-state index in [0.717, 1.165) is 17.7 Å². The van der Waals surface area contributed by atoms with Crippen molar-refractivity contribution in [3.8, 4) is 0 Å². The van der Waals surface area contributed by atoms with Gasteiger partial charge in [-0.1, -0.05) is 19.1 Å². The van der Waals surface area contributed by atoms with Crippen molar-refractivity contribution in [3.63, 3.8) is 0 Å². The predicted octanol–water partition coefficient (Wildman–Crippen LogP) is 3.20. The van der Waals surface area contributed by atoms with Crippen LogP contribution in [0, 0.1) is 0 Å². The number of hydrogen-bond acceptors (Lipinski definition) is 2. The highest BCUT2D eigenvalue weighted by molar-refractivity contribution is 5.86. The lowest BCUT2D eigenvalue weighted by molar-refractivity contribution is 0.202. The summed E-state index contributed by atoms with van der Waals surface area (Å²) in [6.07, 6.45) is -0.0914. The zero-order valence-corrected chi connectivity index (χ0v) is 11.6. The van der Waals surface area contributed by atoms with E-state index in [-0.39, 0.29) is 6.04 Å². The van der Waals surface area contributed by atoms with Crippen LogP contribution in [0.4, 0.5) is 10.5 Å². The summed E-state index contributed by atoms with van der Waals surface area (Å²) < 4.78 is 0. The quantitative estimate of drug-likeness (QED) is 0.872. The van der Waals surface area contributed by atoms with Gasteiger partial charge in [-0.3, -0.25) is 4.90 Å². The van der Waals surface area contributed by atoms with Crippen molar-refractivity contribution in [3.05, 3.63) is 29.8 Å². The molecule has 18 heavy (non-hydrogen) atoms. The Morgan fingerprint density at radius 1 is 1.39 bits per heavy atom. The van der Waals surface area contributed by atoms with Gasteiger partial charge in [-0.2, -0.15) is 0 Å². The molecule has 0 saturated heterocycles. The summed E-state index contributed by atoms with van der Waals surface area (Å²) in [7, 11) is 4.02. The summed E-state index contributed by atoms with van der Waals surface area (Å²) in [4.78, 5) is 14.7. The second-order valence-electron chi connectivity index (χ2n) is 4.67. The van der Waals surface area contributed by atoms with Crippen molar-refractivity contribution >= 4 is 11.8 Å². The second kappa shape index (κ2) is 6.40. The third kappa shape index (κ3) is 3.47. The lowest BCUT2D eigenvalue weighted by Crippen LogP contribution is -2.30. The average Bonchev–Trinajstić information content (AvgIpc) is 2.34. The van der Waals surface area contributed by atoms with Crippen LogP contribution >= 0.6 is 0 Å². The van der Waals surface area contributed by atoms with Gasteiger partial charge in [0, 0.05) is 18.3 Å². The fourth-order valence-corrected chi connectivity index (χ4v) is 1.81. The topological polar surface area (TPSA) is 43.8 Å². The highest BCUT2D eigenvalue weighted by Crippen LogP contribution is 2.23. The molecule has 0 aliphatic carbocycles. The van der Waals surface area contributed by atoms with Gasteiger partial charge >= 0.3 is 6.09 Å². The number of nitrogens with zero attached hydrogens (tertiary/aromatic N) is 2. The minimum Gasteiger partial charge on any atom is -0.465 e. The molecule has 1 atom stereocenters. The maximum atomic E-state index is 11.2. The van der Waals surface area contributed by atoms with Crippen LogP contribution in [0.5, 0.6) is 0 Å². The molecule has 0 bridgehead atoms. The van der Waals surface area contributed by atoms with Crippen molar-refractivity contribution < 1.29 is 9.90 Å². The van der Waals surface area contributed by atoms with E-state index < -0.39 is 6.09 Å². The number of hydrogen-bond donors (Lipinski definition) is 1. The molecule has 0 unspecified atom stereocenters. The number of benzene rings is 1. The second-order valence-corrected chi connectivity index (χ2v) is 4.67. The normalized spacial score (nSPS) is 12.5. The van der Waals surface area contributed by atoms with Gasteiger partial charge in [0.25, 0.3) is 0 Å². The molecular weight excluding hydrogens is 228 g/mol. The molecule has 0 spiro atoms. The number of carbonyl (C=O) groups is 1. The average molecular weight is 250 g/mol. The number of carboxylic acid groups (broad SMARTS) is 1. The molecule has 4 heteroatoms. The molecule has 1 amide bonds. The first-order valence-corrected chi connectivity index (χ1v) is 6.24. The van der Waals surface area contributed by atoms with E-state index in [2.05, 4.69) is 11.8 Å². The van der Waals surface area contributed by atoms with Crippen LogP contribution in [0.3, 0.4) is 0 Å². The smallest absolute Gasteiger partial charge is 0.411 e. The first-order valence-electron chi connectivity index (χ1n) is 6.24. The SMILES string of the molecule is CCCN(C(=O)O)c1cccc([C@H](C)N(C)C)c1. The molecule has 0 saturated carbocycles. The van der Waals surface area contributed by atoms with Crippen molar-refractivity contribution in [1.82, 2.24) is 4.90 Å². The number of amides is 1. The Kier molecular flexibility index (Phi) is 5.16. The Morgan fingerprint density at radius 2 is 2.06 bits per heavy atom. The Bertz CT molecular complexity index is 405. The first-order chi connectivity index (χ1) is 8.47. The van der Waals surface area contributed by atoms with Gasteiger partial charge < -0.3 is 10.0 Å². The zero-order chi connectivity index (χ0) is 13.7. The largest absolute Gasteiger partial charge is 0.465 e. The molecule has 0 aromatic heterocycles. The Hall–Kier alpha value is -1.55. The summed E-state index contributed by atoms with van der Waals surface area (Å²) in [5, 5.41) is 9.21. The number of rotatable bonds is 5. The molecule has 0 aliphatic heterocycles. The maximum absolute atomic E-state index is 11.2. The predicted molar refractivity (Wildman–Crippen MR) is 74.2 cm³/mol. The van der Waals surface area contributed by atoms with Crippen LogP contribution < -0.4 is 4.90 Å². The van der Waals surface area contributed by atoms with E-state index in [1.54, 1.807) is 0 Å². The lowest BCUT2D eigenvalue weighted by Gasteiger charge is -2.23. The standard InChI is InChI=1S/C14H22N2O2/c1-5-9-16(14(17)18)13-8-6-7-12(10-13)11(2)15(3)4/h6-8,10-11H,5,9H2,1-4H3,(H,17,18)/t11-/m0/s1. The molecule has 0 fully saturated rings. The molecule has 4 nitrogen and oxygen atoms in total. The summed E-state index contributed by atoms with van der Waals surface area (Å²) in [5.41, 5.74) is 1.87. The highest BCUT2D eigenvalue weighted by Gasteiger charge is 2.15. The van der Waals surface area contributed by atoms with Crippen LogP contribution in [-0.2, 0) is 0 Å². The van der Waals surface area contributed by atoms with E-state index >= 15 is 0 Å². The van der Waals surface area contributed by atoms with Gasteiger partial charge in [0.1, 0.15) is 0 Å².